The van der Waals surface area contributed by atoms with Gasteiger partial charge in [0.15, 0.2) is 0 Å². The van der Waals surface area contributed by atoms with Gasteiger partial charge in [-0.25, -0.2) is 0 Å². The molecule has 0 fully saturated rings. The number of aryl methyl sites for hydroxylation is 1. The van der Waals surface area contributed by atoms with E-state index in [4.69, 9.17) is 5.73 Å². The number of thiol groups is 1. The minimum Gasteiger partial charge on any atom is -0.394 e. The number of pyridine rings is 1. The van der Waals surface area contributed by atoms with Crippen LogP contribution in [0.3, 0.4) is 0 Å². The van der Waals surface area contributed by atoms with Crippen LogP contribution in [0.15, 0.2) is 30.3 Å². The molecule has 0 aliphatic carbocycles. The molecule has 0 spiro atoms. The van der Waals surface area contributed by atoms with Crippen molar-refractivity contribution in [2.75, 3.05) is 32.1 Å². The summed E-state index contributed by atoms with van der Waals surface area (Å²) in [5, 5.41) is 29.9. The average molecular weight is 535 g/mol. The zero-order chi connectivity index (χ0) is 27.4. The van der Waals surface area contributed by atoms with Gasteiger partial charge >= 0.3 is 0 Å². The average Bonchev–Trinajstić information content (AvgIpc) is 2.91. The SMILES string of the molecule is CCc1nc2ccccc2cc1C(=O)N[C@@H](CO)C(=O)N[C@@H](CO)C(=O)N[C@@H](CS)C(=O)NCCCN. The number of nitrogens with zero attached hydrogens (tertiary/aromatic N) is 1. The molecule has 4 amide bonds. The van der Waals surface area contributed by atoms with Crippen LogP contribution in [0.25, 0.3) is 10.9 Å². The number of hydrogen-bond acceptors (Lipinski definition) is 9. The number of aromatic nitrogens is 1. The Morgan fingerprint density at radius 1 is 0.973 bits per heavy atom. The minimum absolute atomic E-state index is 0.0266. The molecule has 0 unspecified atom stereocenters. The number of amides is 4. The first-order valence-corrected chi connectivity index (χ1v) is 12.5. The maximum atomic E-state index is 13.0. The molecule has 1 heterocycles. The molecule has 2 aromatic rings. The predicted octanol–water partition coefficient (Wildman–Crippen LogP) is -1.76. The van der Waals surface area contributed by atoms with E-state index in [0.717, 1.165) is 10.9 Å². The number of aliphatic hydroxyl groups excluding tert-OH is 2. The Morgan fingerprint density at radius 3 is 2.19 bits per heavy atom. The van der Waals surface area contributed by atoms with E-state index in [1.807, 2.05) is 25.1 Å². The Kier molecular flexibility index (Phi) is 12.2. The molecule has 3 atom stereocenters. The predicted molar refractivity (Wildman–Crippen MR) is 141 cm³/mol. The van der Waals surface area contributed by atoms with Crippen molar-refractivity contribution in [3.63, 3.8) is 0 Å². The van der Waals surface area contributed by atoms with Crippen LogP contribution >= 0.6 is 12.6 Å². The van der Waals surface area contributed by atoms with Crippen molar-refractivity contribution < 1.29 is 29.4 Å². The normalized spacial score (nSPS) is 13.3. The van der Waals surface area contributed by atoms with Crippen molar-refractivity contribution in [3.05, 3.63) is 41.6 Å². The molecule has 202 valence electrons. The van der Waals surface area contributed by atoms with Gasteiger partial charge in [0.05, 0.1) is 30.0 Å². The van der Waals surface area contributed by atoms with Crippen molar-refractivity contribution in [2.45, 2.75) is 37.9 Å². The summed E-state index contributed by atoms with van der Waals surface area (Å²) >= 11 is 4.07. The smallest absolute Gasteiger partial charge is 0.253 e. The summed E-state index contributed by atoms with van der Waals surface area (Å²) in [6, 6.07) is 5.06. The maximum Gasteiger partial charge on any atom is 0.253 e. The standard InChI is InChI=1S/C24H34N6O6S/c1-2-16-15(10-14-6-3-4-7-17(14)27-16)21(33)28-18(11-31)23(35)29-19(12-32)24(36)30-20(13-37)22(34)26-9-5-8-25/h3-4,6-7,10,18-20,31-32,37H,2,5,8-9,11-13,25H2,1H3,(H,26,34)(H,28,33)(H,29,35)(H,30,36)/t18-,19-,20-/m0/s1. The van der Waals surface area contributed by atoms with Gasteiger partial charge in [-0.1, -0.05) is 25.1 Å². The van der Waals surface area contributed by atoms with E-state index in [2.05, 4.69) is 38.9 Å². The fourth-order valence-electron chi connectivity index (χ4n) is 3.42. The number of benzene rings is 1. The highest BCUT2D eigenvalue weighted by molar-refractivity contribution is 7.80. The molecule has 0 saturated carbocycles. The summed E-state index contributed by atoms with van der Waals surface area (Å²) in [4.78, 5) is 55.0. The summed E-state index contributed by atoms with van der Waals surface area (Å²) in [7, 11) is 0. The number of fused-ring (bicyclic) bond motifs is 1. The fraction of sp³-hybridized carbons (Fsp3) is 0.458. The van der Waals surface area contributed by atoms with Crippen LogP contribution in [0.2, 0.25) is 0 Å². The highest BCUT2D eigenvalue weighted by Gasteiger charge is 2.29. The number of hydrogen-bond donors (Lipinski definition) is 8. The van der Waals surface area contributed by atoms with Crippen LogP contribution in [-0.4, -0.2) is 89.0 Å². The molecule has 0 saturated heterocycles. The summed E-state index contributed by atoms with van der Waals surface area (Å²) in [5.74, 6) is -2.87. The lowest BCUT2D eigenvalue weighted by atomic mass is 10.1. The lowest BCUT2D eigenvalue weighted by Gasteiger charge is -2.23. The van der Waals surface area contributed by atoms with E-state index < -0.39 is 55.0 Å². The Hall–Kier alpha value is -3.26. The number of nitrogens with two attached hydrogens (primary N) is 1. The van der Waals surface area contributed by atoms with Crippen molar-refractivity contribution in [1.82, 2.24) is 26.3 Å². The van der Waals surface area contributed by atoms with E-state index in [0.29, 0.717) is 31.6 Å². The Labute approximate surface area is 220 Å². The number of carbonyl (C=O) groups is 4. The number of aliphatic hydroxyl groups is 2. The lowest BCUT2D eigenvalue weighted by molar-refractivity contribution is -0.133. The third kappa shape index (κ3) is 8.39. The van der Waals surface area contributed by atoms with Crippen LogP contribution in [0.4, 0.5) is 0 Å². The van der Waals surface area contributed by atoms with E-state index in [-0.39, 0.29) is 11.3 Å². The zero-order valence-electron chi connectivity index (χ0n) is 20.6. The van der Waals surface area contributed by atoms with Crippen LogP contribution in [0, 0.1) is 0 Å². The second-order valence-electron chi connectivity index (χ2n) is 8.16. The topological polar surface area (TPSA) is 196 Å². The van der Waals surface area contributed by atoms with Gasteiger partial charge in [0, 0.05) is 17.7 Å². The minimum atomic E-state index is -1.44. The first-order chi connectivity index (χ1) is 17.8. The van der Waals surface area contributed by atoms with E-state index in [9.17, 15) is 29.4 Å². The third-order valence-corrected chi connectivity index (χ3v) is 5.86. The Balaban J connectivity index is 2.07. The molecule has 0 aliphatic heterocycles. The Morgan fingerprint density at radius 2 is 1.59 bits per heavy atom. The van der Waals surface area contributed by atoms with Gasteiger partial charge in [-0.2, -0.15) is 12.6 Å². The highest BCUT2D eigenvalue weighted by Crippen LogP contribution is 2.17. The van der Waals surface area contributed by atoms with Gasteiger partial charge < -0.3 is 37.2 Å². The van der Waals surface area contributed by atoms with Gasteiger partial charge in [0.25, 0.3) is 5.91 Å². The highest BCUT2D eigenvalue weighted by atomic mass is 32.1. The number of nitrogens with one attached hydrogen (secondary N) is 4. The molecular weight excluding hydrogens is 500 g/mol. The van der Waals surface area contributed by atoms with Crippen LogP contribution in [-0.2, 0) is 20.8 Å². The Bertz CT molecular complexity index is 1100. The van der Waals surface area contributed by atoms with Crippen molar-refractivity contribution >= 4 is 47.2 Å². The molecule has 0 radical (unpaired) electrons. The molecule has 0 aliphatic rings. The van der Waals surface area contributed by atoms with Crippen LogP contribution in [0.5, 0.6) is 0 Å². The largest absolute Gasteiger partial charge is 0.394 e. The van der Waals surface area contributed by atoms with Crippen LogP contribution < -0.4 is 27.0 Å². The van der Waals surface area contributed by atoms with Gasteiger partial charge in [-0.05, 0) is 31.5 Å². The van der Waals surface area contributed by atoms with Crippen molar-refractivity contribution in [1.29, 1.82) is 0 Å². The molecule has 1 aromatic carbocycles. The molecule has 13 heteroatoms. The fourth-order valence-corrected chi connectivity index (χ4v) is 3.68. The van der Waals surface area contributed by atoms with Crippen LogP contribution in [0.1, 0.15) is 29.4 Å². The monoisotopic (exact) mass is 534 g/mol. The number of rotatable bonds is 14. The van der Waals surface area contributed by atoms with E-state index in [1.54, 1.807) is 12.1 Å². The summed E-state index contributed by atoms with van der Waals surface area (Å²) in [6.07, 6.45) is 1.01. The zero-order valence-corrected chi connectivity index (χ0v) is 21.5. The summed E-state index contributed by atoms with van der Waals surface area (Å²) in [6.45, 7) is 0.997. The summed E-state index contributed by atoms with van der Waals surface area (Å²) in [5.41, 5.74) is 6.88. The quantitative estimate of drug-likeness (QED) is 0.103. The molecule has 2 rings (SSSR count). The molecule has 12 nitrogen and oxygen atoms in total. The molecule has 0 bridgehead atoms. The van der Waals surface area contributed by atoms with Gasteiger partial charge in [-0.3, -0.25) is 24.2 Å². The second-order valence-corrected chi connectivity index (χ2v) is 8.52. The number of para-hydroxylation sites is 1. The van der Waals surface area contributed by atoms with Gasteiger partial charge in [0.1, 0.15) is 18.1 Å². The van der Waals surface area contributed by atoms with Gasteiger partial charge in [0.2, 0.25) is 17.7 Å². The molecular formula is C24H34N6O6S. The first kappa shape index (κ1) is 30.0. The molecule has 37 heavy (non-hydrogen) atoms. The van der Waals surface area contributed by atoms with Gasteiger partial charge in [-0.15, -0.1) is 0 Å². The first-order valence-electron chi connectivity index (χ1n) is 11.9. The maximum absolute atomic E-state index is 13.0. The van der Waals surface area contributed by atoms with E-state index in [1.165, 1.54) is 0 Å². The van der Waals surface area contributed by atoms with Crippen molar-refractivity contribution in [2.24, 2.45) is 5.73 Å². The second kappa shape index (κ2) is 15.1. The van der Waals surface area contributed by atoms with Crippen molar-refractivity contribution in [3.8, 4) is 0 Å². The summed E-state index contributed by atoms with van der Waals surface area (Å²) < 4.78 is 0. The third-order valence-electron chi connectivity index (χ3n) is 5.50. The molecule has 1 aromatic heterocycles. The molecule has 8 N–H and O–H groups in total. The van der Waals surface area contributed by atoms with E-state index >= 15 is 0 Å². The number of carbonyl (C=O) groups excluding carboxylic acids is 4. The lowest BCUT2D eigenvalue weighted by Crippen LogP contribution is -2.58.